The van der Waals surface area contributed by atoms with Gasteiger partial charge in [-0.1, -0.05) is 13.3 Å². The van der Waals surface area contributed by atoms with Crippen LogP contribution in [-0.2, 0) is 13.6 Å². The van der Waals surface area contributed by atoms with Crippen LogP contribution in [0.3, 0.4) is 0 Å². The van der Waals surface area contributed by atoms with Crippen molar-refractivity contribution in [1.82, 2.24) is 4.57 Å². The Morgan fingerprint density at radius 1 is 1.40 bits per heavy atom. The number of nitriles is 2. The maximum atomic E-state index is 7.43. The molecule has 80 valence electrons. The third kappa shape index (κ3) is 7.09. The molecule has 5 heteroatoms. The number of nitrogens with zero attached hydrogens (tertiary/aromatic N) is 5. The molecule has 1 rings (SSSR count). The van der Waals surface area contributed by atoms with Gasteiger partial charge >= 0.3 is 0 Å². The van der Waals surface area contributed by atoms with Gasteiger partial charge in [0.05, 0.1) is 13.6 Å². The van der Waals surface area contributed by atoms with E-state index in [-0.39, 0.29) is 0 Å². The second kappa shape index (κ2) is 8.58. The standard InChI is InChI=1S/C8H15N2.C2N3/c1-3-4-5-10-7-6-9(2)8-10;3-1-5-2-4/h6-8H,3-5H2,1-2H3;/q+1;-1. The van der Waals surface area contributed by atoms with Crippen molar-refractivity contribution < 1.29 is 4.57 Å². The fourth-order valence-electron chi connectivity index (χ4n) is 0.997. The Morgan fingerprint density at radius 2 is 2.07 bits per heavy atom. The second-order valence-electron chi connectivity index (χ2n) is 2.98. The Balaban J connectivity index is 0.000000336. The fraction of sp³-hybridized carbons (Fsp3) is 0.500. The quantitative estimate of drug-likeness (QED) is 0.553. The van der Waals surface area contributed by atoms with Crippen molar-refractivity contribution in [2.45, 2.75) is 26.3 Å². The molecule has 0 spiro atoms. The molecule has 1 aromatic rings. The molecule has 15 heavy (non-hydrogen) atoms. The van der Waals surface area contributed by atoms with Crippen LogP contribution < -0.4 is 4.57 Å². The highest BCUT2D eigenvalue weighted by Crippen LogP contribution is 1.91. The van der Waals surface area contributed by atoms with Crippen molar-refractivity contribution in [3.8, 4) is 12.4 Å². The summed E-state index contributed by atoms with van der Waals surface area (Å²) in [6.45, 7) is 3.36. The lowest BCUT2D eigenvalue weighted by Crippen LogP contribution is -2.23. The number of rotatable bonds is 3. The van der Waals surface area contributed by atoms with E-state index in [4.69, 9.17) is 10.5 Å². The molecule has 0 saturated heterocycles. The zero-order valence-corrected chi connectivity index (χ0v) is 9.09. The number of hydrogen-bond acceptors (Lipinski definition) is 2. The van der Waals surface area contributed by atoms with Gasteiger partial charge in [-0.25, -0.2) is 9.13 Å². The maximum Gasteiger partial charge on any atom is 0.243 e. The molecule has 0 aliphatic carbocycles. The molecule has 0 amide bonds. The first kappa shape index (κ1) is 13.0. The van der Waals surface area contributed by atoms with Crippen molar-refractivity contribution in [3.63, 3.8) is 0 Å². The molecule has 0 aromatic carbocycles. The Hall–Kier alpha value is -2.01. The fourth-order valence-corrected chi connectivity index (χ4v) is 0.997. The summed E-state index contributed by atoms with van der Waals surface area (Å²) in [4.78, 5) is 0. The van der Waals surface area contributed by atoms with Gasteiger partial charge < -0.3 is 10.5 Å². The highest BCUT2D eigenvalue weighted by molar-refractivity contribution is 5.12. The van der Waals surface area contributed by atoms with Gasteiger partial charge in [-0.3, -0.25) is 5.32 Å². The smallest absolute Gasteiger partial charge is 0.243 e. The highest BCUT2D eigenvalue weighted by atomic mass is 15.1. The van der Waals surface area contributed by atoms with Crippen LogP contribution in [0.25, 0.3) is 5.32 Å². The molecular weight excluding hydrogens is 190 g/mol. The van der Waals surface area contributed by atoms with Crippen LogP contribution in [0.1, 0.15) is 19.8 Å². The first-order valence-electron chi connectivity index (χ1n) is 4.73. The molecule has 0 N–H and O–H groups in total. The Morgan fingerprint density at radius 3 is 2.40 bits per heavy atom. The minimum atomic E-state index is 1.15. The van der Waals surface area contributed by atoms with E-state index in [0.717, 1.165) is 6.54 Å². The summed E-state index contributed by atoms with van der Waals surface area (Å²) in [5, 5.41) is 17.4. The van der Waals surface area contributed by atoms with Crippen LogP contribution in [0.4, 0.5) is 0 Å². The highest BCUT2D eigenvalue weighted by Gasteiger charge is 1.96. The zero-order chi connectivity index (χ0) is 11.5. The van der Waals surface area contributed by atoms with Crippen molar-refractivity contribution in [2.24, 2.45) is 7.05 Å². The van der Waals surface area contributed by atoms with E-state index < -0.39 is 0 Å². The van der Waals surface area contributed by atoms with Gasteiger partial charge in [-0.2, -0.15) is 0 Å². The third-order valence-electron chi connectivity index (χ3n) is 1.69. The van der Waals surface area contributed by atoms with E-state index in [1.54, 1.807) is 0 Å². The van der Waals surface area contributed by atoms with Crippen LogP contribution >= 0.6 is 0 Å². The Labute approximate surface area is 90.2 Å². The Kier molecular flexibility index (Phi) is 7.43. The molecule has 0 aliphatic rings. The monoisotopic (exact) mass is 205 g/mol. The number of hydrogen-bond donors (Lipinski definition) is 0. The molecule has 0 fully saturated rings. The van der Waals surface area contributed by atoms with Crippen LogP contribution in [0.5, 0.6) is 0 Å². The van der Waals surface area contributed by atoms with E-state index in [0.29, 0.717) is 0 Å². The second-order valence-corrected chi connectivity index (χ2v) is 2.98. The van der Waals surface area contributed by atoms with Gasteiger partial charge in [-0.15, -0.1) is 0 Å². The first-order valence-corrected chi connectivity index (χ1v) is 4.73. The van der Waals surface area contributed by atoms with E-state index in [2.05, 4.69) is 40.1 Å². The molecule has 1 aromatic heterocycles. The molecule has 0 bridgehead atoms. The molecular formula is C10H15N5. The minimum absolute atomic E-state index is 1.15. The summed E-state index contributed by atoms with van der Waals surface area (Å²) >= 11 is 0. The zero-order valence-electron chi connectivity index (χ0n) is 9.09. The summed E-state index contributed by atoms with van der Waals surface area (Å²) < 4.78 is 4.28. The van der Waals surface area contributed by atoms with Gasteiger partial charge in [-0.05, 0) is 6.42 Å². The molecule has 0 atom stereocenters. The number of imidazole rings is 1. The number of aromatic nitrogens is 2. The van der Waals surface area contributed by atoms with Crippen molar-refractivity contribution >= 4 is 0 Å². The molecule has 1 heterocycles. The van der Waals surface area contributed by atoms with Crippen LogP contribution in [0, 0.1) is 22.9 Å². The molecule has 0 aliphatic heterocycles. The van der Waals surface area contributed by atoms with E-state index in [9.17, 15) is 0 Å². The SMILES string of the molecule is CCCCn1cc[n+](C)c1.N#C[N-]C#N. The van der Waals surface area contributed by atoms with Gasteiger partial charge in [0.1, 0.15) is 12.4 Å². The first-order chi connectivity index (χ1) is 7.24. The van der Waals surface area contributed by atoms with E-state index in [1.807, 2.05) is 7.05 Å². The van der Waals surface area contributed by atoms with E-state index >= 15 is 0 Å². The predicted molar refractivity (Wildman–Crippen MR) is 55.1 cm³/mol. The number of unbranched alkanes of at least 4 members (excludes halogenated alkanes) is 1. The van der Waals surface area contributed by atoms with Crippen molar-refractivity contribution in [1.29, 1.82) is 10.5 Å². The summed E-state index contributed by atoms with van der Waals surface area (Å²) in [6, 6.07) is 0. The average molecular weight is 205 g/mol. The van der Waals surface area contributed by atoms with Gasteiger partial charge in [0.2, 0.25) is 6.33 Å². The molecule has 0 radical (unpaired) electrons. The van der Waals surface area contributed by atoms with Crippen molar-refractivity contribution in [2.75, 3.05) is 0 Å². The van der Waals surface area contributed by atoms with Crippen molar-refractivity contribution in [3.05, 3.63) is 24.0 Å². The maximum absolute atomic E-state index is 7.43. The van der Waals surface area contributed by atoms with Crippen LogP contribution in [-0.4, -0.2) is 4.57 Å². The summed E-state index contributed by atoms with van der Waals surface area (Å²) in [5.41, 5.74) is 0. The largest absolute Gasteiger partial charge is 0.385 e. The third-order valence-corrected chi connectivity index (χ3v) is 1.69. The van der Waals surface area contributed by atoms with Gasteiger partial charge in [0.25, 0.3) is 0 Å². The lowest BCUT2D eigenvalue weighted by Gasteiger charge is -1.90. The topological polar surface area (TPSA) is 70.5 Å². The Bertz CT molecular complexity index is 329. The number of aryl methyl sites for hydroxylation is 2. The summed E-state index contributed by atoms with van der Waals surface area (Å²) in [7, 11) is 2.04. The van der Waals surface area contributed by atoms with Gasteiger partial charge in [0, 0.05) is 12.4 Å². The molecule has 0 saturated carbocycles. The average Bonchev–Trinajstić information content (AvgIpc) is 2.63. The lowest BCUT2D eigenvalue weighted by molar-refractivity contribution is -0.671. The van der Waals surface area contributed by atoms with Gasteiger partial charge in [0.15, 0.2) is 0 Å². The molecule has 5 nitrogen and oxygen atoms in total. The minimum Gasteiger partial charge on any atom is -0.385 e. The lowest BCUT2D eigenvalue weighted by atomic mass is 10.3. The summed E-state index contributed by atoms with van der Waals surface area (Å²) in [5.74, 6) is 0. The molecule has 0 unspecified atom stereocenters. The normalized spacial score (nSPS) is 8.00. The van der Waals surface area contributed by atoms with Crippen LogP contribution in [0.15, 0.2) is 18.7 Å². The van der Waals surface area contributed by atoms with Crippen LogP contribution in [0.2, 0.25) is 0 Å². The van der Waals surface area contributed by atoms with E-state index in [1.165, 1.54) is 25.2 Å². The predicted octanol–water partition coefficient (Wildman–Crippen LogP) is 1.43. The summed E-state index contributed by atoms with van der Waals surface area (Å²) in [6.07, 6.45) is 11.4.